The van der Waals surface area contributed by atoms with Crippen LogP contribution in [-0.2, 0) is 0 Å². The van der Waals surface area contributed by atoms with Crippen LogP contribution in [0.25, 0.3) is 16.9 Å². The fourth-order valence-corrected chi connectivity index (χ4v) is 2.22. The minimum atomic E-state index is 0.625. The average Bonchev–Trinajstić information content (AvgIpc) is 2.76. The number of imidazole rings is 1. The number of aromatic nitrogens is 2. The summed E-state index contributed by atoms with van der Waals surface area (Å²) in [4.78, 5) is 4.59. The highest BCUT2D eigenvalue weighted by Gasteiger charge is 2.15. The second-order valence-corrected chi connectivity index (χ2v) is 4.48. The van der Waals surface area contributed by atoms with Crippen molar-refractivity contribution in [3.8, 4) is 17.0 Å². The maximum Gasteiger partial charge on any atom is 0.139 e. The molecule has 0 aliphatic heterocycles. The molecule has 2 heterocycles. The van der Waals surface area contributed by atoms with Gasteiger partial charge in [-0.1, -0.05) is 17.7 Å². The lowest BCUT2D eigenvalue weighted by atomic mass is 10.1. The van der Waals surface area contributed by atoms with Gasteiger partial charge in [-0.15, -0.1) is 0 Å². The first-order valence-electron chi connectivity index (χ1n) is 6.08. The quantitative estimate of drug-likeness (QED) is 0.764. The fourth-order valence-electron chi connectivity index (χ4n) is 2.22. The van der Waals surface area contributed by atoms with Crippen molar-refractivity contribution in [3.63, 3.8) is 0 Å². The van der Waals surface area contributed by atoms with Crippen LogP contribution >= 0.6 is 0 Å². The molecule has 0 spiro atoms. The molecule has 4 heteroatoms. The van der Waals surface area contributed by atoms with Crippen LogP contribution in [0.15, 0.2) is 42.6 Å². The Hall–Kier alpha value is -2.49. The van der Waals surface area contributed by atoms with E-state index in [1.54, 1.807) is 7.11 Å². The van der Waals surface area contributed by atoms with E-state index in [9.17, 15) is 0 Å². The highest BCUT2D eigenvalue weighted by molar-refractivity contribution is 5.79. The Labute approximate surface area is 111 Å². The summed E-state index contributed by atoms with van der Waals surface area (Å²) in [7, 11) is 1.65. The zero-order chi connectivity index (χ0) is 13.4. The molecule has 0 saturated heterocycles. The zero-order valence-corrected chi connectivity index (χ0v) is 10.9. The second-order valence-electron chi connectivity index (χ2n) is 4.48. The summed E-state index contributed by atoms with van der Waals surface area (Å²) in [5.41, 5.74) is 9.84. The monoisotopic (exact) mass is 253 g/mol. The van der Waals surface area contributed by atoms with Crippen molar-refractivity contribution in [2.75, 3.05) is 12.8 Å². The molecule has 4 nitrogen and oxygen atoms in total. The van der Waals surface area contributed by atoms with Crippen LogP contribution in [-0.4, -0.2) is 16.5 Å². The Balaban J connectivity index is 2.30. The van der Waals surface area contributed by atoms with Gasteiger partial charge in [0.1, 0.15) is 22.9 Å². The van der Waals surface area contributed by atoms with Gasteiger partial charge in [0.05, 0.1) is 7.11 Å². The van der Waals surface area contributed by atoms with Crippen LogP contribution < -0.4 is 10.5 Å². The minimum absolute atomic E-state index is 0.625. The van der Waals surface area contributed by atoms with E-state index in [1.165, 1.54) is 0 Å². The largest absolute Gasteiger partial charge is 0.496 e. The molecule has 0 aliphatic rings. The number of rotatable bonds is 2. The summed E-state index contributed by atoms with van der Waals surface area (Å²) >= 11 is 0. The van der Waals surface area contributed by atoms with Crippen molar-refractivity contribution in [1.82, 2.24) is 9.38 Å². The fraction of sp³-hybridized carbons (Fsp3) is 0.133. The summed E-state index contributed by atoms with van der Waals surface area (Å²) in [5, 5.41) is 0. The molecule has 0 bridgehead atoms. The number of benzene rings is 1. The smallest absolute Gasteiger partial charge is 0.139 e. The number of methoxy groups -OCH3 is 1. The molecular weight excluding hydrogens is 238 g/mol. The number of nitrogen functional groups attached to an aromatic ring is 1. The molecule has 0 saturated carbocycles. The molecule has 1 aromatic carbocycles. The Morgan fingerprint density at radius 3 is 2.79 bits per heavy atom. The van der Waals surface area contributed by atoms with Gasteiger partial charge in [0, 0.05) is 11.8 Å². The van der Waals surface area contributed by atoms with Gasteiger partial charge in [-0.2, -0.15) is 0 Å². The summed E-state index contributed by atoms with van der Waals surface area (Å²) in [6, 6.07) is 11.8. The van der Waals surface area contributed by atoms with Gasteiger partial charge in [-0.3, -0.25) is 4.40 Å². The summed E-state index contributed by atoms with van der Waals surface area (Å²) in [6.07, 6.45) is 1.91. The molecule has 0 radical (unpaired) electrons. The average molecular weight is 253 g/mol. The van der Waals surface area contributed by atoms with E-state index in [0.717, 1.165) is 28.2 Å². The summed E-state index contributed by atoms with van der Waals surface area (Å²) in [5.74, 6) is 1.40. The summed E-state index contributed by atoms with van der Waals surface area (Å²) in [6.45, 7) is 2.04. The van der Waals surface area contributed by atoms with E-state index < -0.39 is 0 Å². The normalized spacial score (nSPS) is 10.8. The van der Waals surface area contributed by atoms with Gasteiger partial charge < -0.3 is 10.5 Å². The van der Waals surface area contributed by atoms with E-state index in [4.69, 9.17) is 10.5 Å². The van der Waals surface area contributed by atoms with Gasteiger partial charge >= 0.3 is 0 Å². The molecule has 96 valence electrons. The molecule has 3 aromatic rings. The van der Waals surface area contributed by atoms with Crippen molar-refractivity contribution in [1.29, 1.82) is 0 Å². The summed E-state index contributed by atoms with van der Waals surface area (Å²) < 4.78 is 7.27. The van der Waals surface area contributed by atoms with Gasteiger partial charge in [-0.05, 0) is 31.2 Å². The van der Waals surface area contributed by atoms with Crippen molar-refractivity contribution in [3.05, 3.63) is 48.2 Å². The third kappa shape index (κ3) is 1.81. The van der Waals surface area contributed by atoms with Crippen LogP contribution in [0.1, 0.15) is 5.56 Å². The van der Waals surface area contributed by atoms with Crippen LogP contribution in [0.4, 0.5) is 5.82 Å². The van der Waals surface area contributed by atoms with E-state index in [-0.39, 0.29) is 0 Å². The first-order chi connectivity index (χ1) is 9.20. The molecular formula is C15H15N3O. The van der Waals surface area contributed by atoms with Crippen molar-refractivity contribution in [2.45, 2.75) is 6.92 Å². The van der Waals surface area contributed by atoms with Crippen molar-refractivity contribution < 1.29 is 4.74 Å². The number of hydrogen-bond donors (Lipinski definition) is 1. The molecule has 3 rings (SSSR count). The number of aryl methyl sites for hydroxylation is 1. The zero-order valence-electron chi connectivity index (χ0n) is 10.9. The highest BCUT2D eigenvalue weighted by atomic mass is 16.5. The number of hydrogen-bond acceptors (Lipinski definition) is 3. The van der Waals surface area contributed by atoms with Gasteiger partial charge in [0.2, 0.25) is 0 Å². The molecule has 0 unspecified atom stereocenters. The Bertz CT molecular complexity index is 746. The Kier molecular flexibility index (Phi) is 2.63. The topological polar surface area (TPSA) is 52.5 Å². The highest BCUT2D eigenvalue weighted by Crippen LogP contribution is 2.34. The number of fused-ring (bicyclic) bond motifs is 1. The standard InChI is InChI=1S/C15H15N3O/c1-10-6-7-12(19-2)11(9-10)14-15(16)18-8-4-3-5-13(18)17-14/h3-9H,16H2,1-2H3. The van der Waals surface area contributed by atoms with E-state index >= 15 is 0 Å². The van der Waals surface area contributed by atoms with Crippen LogP contribution in [0.2, 0.25) is 0 Å². The number of nitrogens with zero attached hydrogens (tertiary/aromatic N) is 2. The number of ether oxygens (including phenoxy) is 1. The maximum atomic E-state index is 6.19. The lowest BCUT2D eigenvalue weighted by molar-refractivity contribution is 0.416. The van der Waals surface area contributed by atoms with Crippen molar-refractivity contribution in [2.24, 2.45) is 0 Å². The van der Waals surface area contributed by atoms with Crippen LogP contribution in [0.5, 0.6) is 5.75 Å². The SMILES string of the molecule is COc1ccc(C)cc1-c1nc2ccccn2c1N. The van der Waals surface area contributed by atoms with E-state index in [1.807, 2.05) is 53.9 Å². The molecule has 19 heavy (non-hydrogen) atoms. The molecule has 2 aromatic heterocycles. The Morgan fingerprint density at radius 1 is 1.21 bits per heavy atom. The number of pyridine rings is 1. The lowest BCUT2D eigenvalue weighted by Crippen LogP contribution is -1.95. The molecule has 2 N–H and O–H groups in total. The molecule has 0 aliphatic carbocycles. The lowest BCUT2D eigenvalue weighted by Gasteiger charge is -2.08. The predicted molar refractivity (Wildman–Crippen MR) is 76.3 cm³/mol. The molecule has 0 fully saturated rings. The van der Waals surface area contributed by atoms with Crippen LogP contribution in [0, 0.1) is 6.92 Å². The predicted octanol–water partition coefficient (Wildman–Crippen LogP) is 2.90. The Morgan fingerprint density at radius 2 is 2.05 bits per heavy atom. The van der Waals surface area contributed by atoms with Crippen molar-refractivity contribution >= 4 is 11.5 Å². The first kappa shape index (κ1) is 11.6. The third-order valence-electron chi connectivity index (χ3n) is 3.18. The third-order valence-corrected chi connectivity index (χ3v) is 3.18. The molecule has 0 amide bonds. The second kappa shape index (κ2) is 4.31. The van der Waals surface area contributed by atoms with E-state index in [2.05, 4.69) is 4.98 Å². The molecule has 0 atom stereocenters. The van der Waals surface area contributed by atoms with Crippen LogP contribution in [0.3, 0.4) is 0 Å². The minimum Gasteiger partial charge on any atom is -0.496 e. The van der Waals surface area contributed by atoms with Gasteiger partial charge in [0.15, 0.2) is 0 Å². The number of anilines is 1. The maximum absolute atomic E-state index is 6.19. The van der Waals surface area contributed by atoms with Gasteiger partial charge in [0.25, 0.3) is 0 Å². The first-order valence-corrected chi connectivity index (χ1v) is 6.08. The number of nitrogens with two attached hydrogens (primary N) is 1. The van der Waals surface area contributed by atoms with Gasteiger partial charge in [-0.25, -0.2) is 4.98 Å². The van der Waals surface area contributed by atoms with E-state index in [0.29, 0.717) is 5.82 Å².